The highest BCUT2D eigenvalue weighted by Gasteiger charge is 2.15. The maximum atomic E-state index is 9.55. The molecule has 0 bridgehead atoms. The fraction of sp³-hybridized carbons (Fsp3) is 0.316. The highest BCUT2D eigenvalue weighted by atomic mass is 16.4. The fourth-order valence-electron chi connectivity index (χ4n) is 2.76. The molecule has 2 heterocycles. The zero-order valence-corrected chi connectivity index (χ0v) is 14.7. The van der Waals surface area contributed by atoms with E-state index >= 15 is 0 Å². The molecule has 2 aromatic rings. The van der Waals surface area contributed by atoms with E-state index in [1.54, 1.807) is 0 Å². The van der Waals surface area contributed by atoms with Crippen LogP contribution >= 0.6 is 0 Å². The second-order valence-electron chi connectivity index (χ2n) is 5.99. The Kier molecular flexibility index (Phi) is 7.11. The number of nitrogens with zero attached hydrogens (tertiary/aromatic N) is 3. The van der Waals surface area contributed by atoms with Crippen LogP contribution < -0.4 is 0 Å². The van der Waals surface area contributed by atoms with Crippen LogP contribution in [0, 0.1) is 0 Å². The Morgan fingerprint density at radius 2 is 1.65 bits per heavy atom. The van der Waals surface area contributed by atoms with Crippen molar-refractivity contribution in [1.29, 1.82) is 0 Å². The van der Waals surface area contributed by atoms with Gasteiger partial charge in [0.25, 0.3) is 0 Å². The van der Waals surface area contributed by atoms with Crippen LogP contribution in [0.1, 0.15) is 18.5 Å². The van der Waals surface area contributed by atoms with Gasteiger partial charge in [0.2, 0.25) is 0 Å². The van der Waals surface area contributed by atoms with Crippen LogP contribution in [0.2, 0.25) is 0 Å². The van der Waals surface area contributed by atoms with Crippen molar-refractivity contribution < 1.29 is 19.8 Å². The number of aromatic nitrogens is 2. The van der Waals surface area contributed by atoms with Crippen LogP contribution in [0.25, 0.3) is 11.4 Å². The van der Waals surface area contributed by atoms with E-state index in [0.717, 1.165) is 12.4 Å². The van der Waals surface area contributed by atoms with E-state index in [0.29, 0.717) is 12.2 Å². The molecule has 7 nitrogen and oxygen atoms in total. The van der Waals surface area contributed by atoms with Crippen LogP contribution in [-0.4, -0.2) is 49.7 Å². The number of rotatable bonds is 5. The number of carboxylic acid groups (broad SMARTS) is 2. The predicted molar refractivity (Wildman–Crippen MR) is 97.6 cm³/mol. The van der Waals surface area contributed by atoms with Gasteiger partial charge in [0.05, 0.1) is 11.9 Å². The normalized spacial score (nSPS) is 14.2. The maximum Gasteiger partial charge on any atom is 0.328 e. The highest BCUT2D eigenvalue weighted by molar-refractivity contribution is 5.89. The van der Waals surface area contributed by atoms with Crippen LogP contribution in [0.15, 0.2) is 48.7 Å². The maximum absolute atomic E-state index is 9.55. The lowest BCUT2D eigenvalue weighted by Gasteiger charge is -2.15. The third-order valence-corrected chi connectivity index (χ3v) is 4.07. The topological polar surface area (TPSA) is 95.7 Å². The number of benzene rings is 1. The van der Waals surface area contributed by atoms with Gasteiger partial charge in [-0.15, -0.1) is 0 Å². The van der Waals surface area contributed by atoms with Crippen molar-refractivity contribution in [2.75, 3.05) is 13.1 Å². The Labute approximate surface area is 152 Å². The third kappa shape index (κ3) is 5.86. The average molecular weight is 357 g/mol. The summed E-state index contributed by atoms with van der Waals surface area (Å²) in [5.41, 5.74) is 2.49. The molecule has 0 amide bonds. The Morgan fingerprint density at radius 3 is 2.19 bits per heavy atom. The third-order valence-electron chi connectivity index (χ3n) is 4.07. The Hall–Kier alpha value is -2.93. The minimum absolute atomic E-state index is 0.558. The van der Waals surface area contributed by atoms with Crippen molar-refractivity contribution in [1.82, 2.24) is 14.5 Å². The lowest BCUT2D eigenvalue weighted by atomic mass is 10.2. The van der Waals surface area contributed by atoms with Crippen molar-refractivity contribution in [3.05, 3.63) is 54.4 Å². The zero-order chi connectivity index (χ0) is 18.9. The SMILES string of the molecule is Cn1c(CN2CCCC2)cnc1-c1ccccc1.O=C(O)/C=C/C(=O)O. The molecule has 1 saturated heterocycles. The molecule has 0 saturated carbocycles. The second kappa shape index (κ2) is 9.53. The molecule has 1 aliphatic rings. The van der Waals surface area contributed by atoms with Gasteiger partial charge in [0.1, 0.15) is 5.82 Å². The molecule has 26 heavy (non-hydrogen) atoms. The number of likely N-dealkylation sites (tertiary alicyclic amines) is 1. The summed E-state index contributed by atoms with van der Waals surface area (Å²) >= 11 is 0. The minimum Gasteiger partial charge on any atom is -0.478 e. The molecule has 7 heteroatoms. The monoisotopic (exact) mass is 357 g/mol. The molecular formula is C19H23N3O4. The Morgan fingerprint density at radius 1 is 1.08 bits per heavy atom. The highest BCUT2D eigenvalue weighted by Crippen LogP contribution is 2.20. The van der Waals surface area contributed by atoms with Crippen LogP contribution in [0.5, 0.6) is 0 Å². The van der Waals surface area contributed by atoms with Crippen molar-refractivity contribution in [2.45, 2.75) is 19.4 Å². The van der Waals surface area contributed by atoms with Gasteiger partial charge < -0.3 is 14.8 Å². The molecule has 0 atom stereocenters. The molecule has 0 spiro atoms. The van der Waals surface area contributed by atoms with Crippen molar-refractivity contribution >= 4 is 11.9 Å². The van der Waals surface area contributed by atoms with E-state index in [9.17, 15) is 9.59 Å². The molecular weight excluding hydrogens is 334 g/mol. The fourth-order valence-corrected chi connectivity index (χ4v) is 2.76. The van der Waals surface area contributed by atoms with E-state index in [4.69, 9.17) is 10.2 Å². The molecule has 0 aliphatic carbocycles. The number of hydrogen-bond donors (Lipinski definition) is 2. The average Bonchev–Trinajstić information content (AvgIpc) is 3.25. The van der Waals surface area contributed by atoms with Gasteiger partial charge in [0.15, 0.2) is 0 Å². The minimum atomic E-state index is -1.26. The molecule has 1 fully saturated rings. The Balaban J connectivity index is 0.000000260. The second-order valence-corrected chi connectivity index (χ2v) is 5.99. The molecule has 2 N–H and O–H groups in total. The summed E-state index contributed by atoms with van der Waals surface area (Å²) in [6, 6.07) is 10.4. The molecule has 1 aliphatic heterocycles. The molecule has 0 unspecified atom stereocenters. The first-order chi connectivity index (χ1) is 12.5. The number of carbonyl (C=O) groups is 2. The molecule has 138 valence electrons. The Bertz CT molecular complexity index is 746. The molecule has 1 aromatic carbocycles. The first kappa shape index (κ1) is 19.4. The number of hydrogen-bond acceptors (Lipinski definition) is 4. The van der Waals surface area contributed by atoms with Gasteiger partial charge >= 0.3 is 11.9 Å². The summed E-state index contributed by atoms with van der Waals surface area (Å²) in [5, 5.41) is 15.6. The molecule has 1 aromatic heterocycles. The van der Waals surface area contributed by atoms with Crippen molar-refractivity contribution in [2.24, 2.45) is 7.05 Å². The van der Waals surface area contributed by atoms with E-state index in [1.165, 1.54) is 37.2 Å². The summed E-state index contributed by atoms with van der Waals surface area (Å²) in [7, 11) is 2.11. The van der Waals surface area contributed by atoms with Crippen molar-refractivity contribution in [3.8, 4) is 11.4 Å². The summed E-state index contributed by atoms with van der Waals surface area (Å²) < 4.78 is 2.22. The van der Waals surface area contributed by atoms with Crippen LogP contribution in [0.4, 0.5) is 0 Å². The van der Waals surface area contributed by atoms with Crippen molar-refractivity contribution in [3.63, 3.8) is 0 Å². The van der Waals surface area contributed by atoms with Gasteiger partial charge in [-0.1, -0.05) is 30.3 Å². The van der Waals surface area contributed by atoms with Gasteiger partial charge in [-0.3, -0.25) is 4.90 Å². The number of aliphatic carboxylic acids is 2. The quantitative estimate of drug-likeness (QED) is 0.798. The van der Waals surface area contributed by atoms with Gasteiger partial charge in [0, 0.05) is 31.3 Å². The van der Waals surface area contributed by atoms with Gasteiger partial charge in [-0.25, -0.2) is 14.6 Å². The zero-order valence-electron chi connectivity index (χ0n) is 14.7. The first-order valence-corrected chi connectivity index (χ1v) is 8.39. The molecule has 3 rings (SSSR count). The van der Waals surface area contributed by atoms with E-state index in [1.807, 2.05) is 12.3 Å². The summed E-state index contributed by atoms with van der Waals surface area (Å²) in [4.78, 5) is 26.2. The van der Waals surface area contributed by atoms with Crippen LogP contribution in [0.3, 0.4) is 0 Å². The van der Waals surface area contributed by atoms with Gasteiger partial charge in [-0.05, 0) is 25.9 Å². The van der Waals surface area contributed by atoms with Crippen LogP contribution in [-0.2, 0) is 23.2 Å². The standard InChI is InChI=1S/C15H19N3.C4H4O4/c1-17-14(12-18-9-5-6-10-18)11-16-15(17)13-7-3-2-4-8-13;5-3(6)1-2-4(7)8/h2-4,7-8,11H,5-6,9-10,12H2,1H3;1-2H,(H,5,6)(H,7,8)/b;2-1+. The van der Waals surface area contributed by atoms with E-state index < -0.39 is 11.9 Å². The summed E-state index contributed by atoms with van der Waals surface area (Å²) in [5.74, 6) is -1.45. The largest absolute Gasteiger partial charge is 0.478 e. The smallest absolute Gasteiger partial charge is 0.328 e. The predicted octanol–water partition coefficient (Wildman–Crippen LogP) is 2.39. The summed E-state index contributed by atoms with van der Waals surface area (Å²) in [6.45, 7) is 3.48. The number of carboxylic acids is 2. The summed E-state index contributed by atoms with van der Waals surface area (Å²) in [6.07, 6.45) is 5.80. The van der Waals surface area contributed by atoms with E-state index in [2.05, 4.69) is 45.8 Å². The van der Waals surface area contributed by atoms with Gasteiger partial charge in [-0.2, -0.15) is 0 Å². The van der Waals surface area contributed by atoms with E-state index in [-0.39, 0.29) is 0 Å². The number of imidazole rings is 1. The molecule has 0 radical (unpaired) electrons. The lowest BCUT2D eigenvalue weighted by molar-refractivity contribution is -0.134. The first-order valence-electron chi connectivity index (χ1n) is 8.39. The lowest BCUT2D eigenvalue weighted by Crippen LogP contribution is -2.20.